The molecule has 0 unspecified atom stereocenters. The van der Waals surface area contributed by atoms with Gasteiger partial charge in [0.25, 0.3) is 0 Å². The predicted molar refractivity (Wildman–Crippen MR) is 74.4 cm³/mol. The van der Waals surface area contributed by atoms with Crippen molar-refractivity contribution in [2.75, 3.05) is 6.26 Å². The van der Waals surface area contributed by atoms with E-state index in [2.05, 4.69) is 11.8 Å². The van der Waals surface area contributed by atoms with Crippen molar-refractivity contribution in [3.8, 4) is 11.8 Å². The molecule has 0 spiro atoms. The van der Waals surface area contributed by atoms with Gasteiger partial charge in [-0.1, -0.05) is 24.0 Å². The molecule has 1 fully saturated rings. The maximum Gasteiger partial charge on any atom is 0.140 e. The highest BCUT2D eigenvalue weighted by molar-refractivity contribution is 7.98. The molecule has 0 radical (unpaired) electrons. The van der Waals surface area contributed by atoms with Crippen molar-refractivity contribution in [1.29, 1.82) is 0 Å². The van der Waals surface area contributed by atoms with Gasteiger partial charge in [-0.05, 0) is 49.6 Å². The summed E-state index contributed by atoms with van der Waals surface area (Å²) in [6.07, 6.45) is 4.68. The minimum Gasteiger partial charge on any atom is -0.378 e. The molecule has 0 bridgehead atoms. The van der Waals surface area contributed by atoms with Crippen molar-refractivity contribution in [2.45, 2.75) is 42.3 Å². The molecule has 0 amide bonds. The van der Waals surface area contributed by atoms with Crippen LogP contribution in [0.4, 0.5) is 0 Å². The fraction of sp³-hybridized carbons (Fsp3) is 0.467. The molecule has 0 saturated heterocycles. The Morgan fingerprint density at radius 3 is 2.39 bits per heavy atom. The lowest BCUT2D eigenvalue weighted by molar-refractivity contribution is 0.109. The van der Waals surface area contributed by atoms with Crippen molar-refractivity contribution in [1.82, 2.24) is 0 Å². The topological polar surface area (TPSA) is 40.5 Å². The molecule has 1 aromatic carbocycles. The summed E-state index contributed by atoms with van der Waals surface area (Å²) >= 11 is 1.66. The first-order valence-electron chi connectivity index (χ1n) is 6.20. The van der Waals surface area contributed by atoms with Crippen molar-refractivity contribution >= 4 is 11.8 Å². The molecule has 0 heterocycles. The summed E-state index contributed by atoms with van der Waals surface area (Å²) in [5, 5.41) is 20.0. The molecule has 1 aliphatic carbocycles. The van der Waals surface area contributed by atoms with E-state index >= 15 is 0 Å². The minimum absolute atomic E-state index is 0.720. The van der Waals surface area contributed by atoms with Crippen LogP contribution in [0.1, 0.15) is 37.4 Å². The lowest BCUT2D eigenvalue weighted by Crippen LogP contribution is -2.21. The average molecular weight is 262 g/mol. The van der Waals surface area contributed by atoms with E-state index in [1.807, 2.05) is 30.5 Å². The minimum atomic E-state index is -0.875. The van der Waals surface area contributed by atoms with Gasteiger partial charge in [0.1, 0.15) is 11.7 Å². The quantitative estimate of drug-likeness (QED) is 0.636. The van der Waals surface area contributed by atoms with E-state index in [4.69, 9.17) is 0 Å². The van der Waals surface area contributed by atoms with Crippen LogP contribution in [0, 0.1) is 11.8 Å². The highest BCUT2D eigenvalue weighted by atomic mass is 32.2. The lowest BCUT2D eigenvalue weighted by Gasteiger charge is -2.13. The zero-order valence-corrected chi connectivity index (χ0v) is 11.3. The Balaban J connectivity index is 2.07. The van der Waals surface area contributed by atoms with Crippen LogP contribution >= 0.6 is 11.8 Å². The summed E-state index contributed by atoms with van der Waals surface area (Å²) in [6.45, 7) is 0. The van der Waals surface area contributed by atoms with E-state index < -0.39 is 11.7 Å². The predicted octanol–water partition coefficient (Wildman–Crippen LogP) is 2.75. The van der Waals surface area contributed by atoms with E-state index in [0.29, 0.717) is 0 Å². The molecule has 0 aromatic heterocycles. The van der Waals surface area contributed by atoms with Gasteiger partial charge in [0, 0.05) is 4.90 Å². The average Bonchev–Trinajstić information content (AvgIpc) is 2.83. The normalized spacial score (nSPS) is 19.1. The second kappa shape index (κ2) is 5.79. The number of aliphatic hydroxyl groups is 2. The second-order valence-corrected chi connectivity index (χ2v) is 5.56. The van der Waals surface area contributed by atoms with E-state index in [1.165, 1.54) is 0 Å². The Kier molecular flexibility index (Phi) is 4.34. The van der Waals surface area contributed by atoms with E-state index in [1.54, 1.807) is 11.8 Å². The summed E-state index contributed by atoms with van der Waals surface area (Å²) in [5.41, 5.74) is -0.0953. The Hall–Kier alpha value is -0.950. The lowest BCUT2D eigenvalue weighted by atomic mass is 10.0. The van der Waals surface area contributed by atoms with Gasteiger partial charge in [0.15, 0.2) is 0 Å². The van der Waals surface area contributed by atoms with Crippen LogP contribution in [0.5, 0.6) is 0 Å². The smallest absolute Gasteiger partial charge is 0.140 e. The van der Waals surface area contributed by atoms with Crippen molar-refractivity contribution in [2.24, 2.45) is 0 Å². The number of thioether (sulfide) groups is 1. The van der Waals surface area contributed by atoms with Crippen LogP contribution in [-0.2, 0) is 0 Å². The van der Waals surface area contributed by atoms with Gasteiger partial charge >= 0.3 is 0 Å². The molecular formula is C15H18O2S. The van der Waals surface area contributed by atoms with Gasteiger partial charge in [-0.3, -0.25) is 0 Å². The van der Waals surface area contributed by atoms with Gasteiger partial charge in [0.05, 0.1) is 0 Å². The third-order valence-electron chi connectivity index (χ3n) is 3.30. The maximum atomic E-state index is 10.1. The zero-order valence-electron chi connectivity index (χ0n) is 10.5. The summed E-state index contributed by atoms with van der Waals surface area (Å²) in [6, 6.07) is 7.69. The summed E-state index contributed by atoms with van der Waals surface area (Å²) in [7, 11) is 0. The first-order chi connectivity index (χ1) is 8.63. The SMILES string of the molecule is CSc1ccc([C@@H](O)C#CC2(O)CCCC2)cc1. The molecular weight excluding hydrogens is 244 g/mol. The Morgan fingerprint density at radius 2 is 1.83 bits per heavy atom. The fourth-order valence-corrected chi connectivity index (χ4v) is 2.57. The van der Waals surface area contributed by atoms with Gasteiger partial charge in [-0.15, -0.1) is 11.8 Å². The van der Waals surface area contributed by atoms with E-state index in [-0.39, 0.29) is 0 Å². The third-order valence-corrected chi connectivity index (χ3v) is 4.05. The summed E-state index contributed by atoms with van der Waals surface area (Å²) in [4.78, 5) is 1.16. The first kappa shape index (κ1) is 13.5. The maximum absolute atomic E-state index is 10.1. The van der Waals surface area contributed by atoms with Crippen LogP contribution < -0.4 is 0 Å². The van der Waals surface area contributed by atoms with Crippen LogP contribution in [0.25, 0.3) is 0 Å². The van der Waals surface area contributed by atoms with Gasteiger partial charge in [-0.2, -0.15) is 0 Å². The molecule has 3 heteroatoms. The molecule has 18 heavy (non-hydrogen) atoms. The molecule has 2 N–H and O–H groups in total. The molecule has 1 saturated carbocycles. The van der Waals surface area contributed by atoms with Gasteiger partial charge < -0.3 is 10.2 Å². The summed E-state index contributed by atoms with van der Waals surface area (Å²) in [5.74, 6) is 5.60. The largest absolute Gasteiger partial charge is 0.378 e. The second-order valence-electron chi connectivity index (χ2n) is 4.68. The number of hydrogen-bond donors (Lipinski definition) is 2. The number of benzene rings is 1. The molecule has 1 aliphatic rings. The van der Waals surface area contributed by atoms with Crippen LogP contribution in [0.15, 0.2) is 29.2 Å². The Labute approximate surface area is 112 Å². The monoisotopic (exact) mass is 262 g/mol. The van der Waals surface area contributed by atoms with Crippen molar-refractivity contribution < 1.29 is 10.2 Å². The van der Waals surface area contributed by atoms with Gasteiger partial charge in [0.2, 0.25) is 0 Å². The highest BCUT2D eigenvalue weighted by Gasteiger charge is 2.28. The number of rotatable bonds is 2. The number of hydrogen-bond acceptors (Lipinski definition) is 3. The molecule has 2 nitrogen and oxygen atoms in total. The third kappa shape index (κ3) is 3.29. The van der Waals surface area contributed by atoms with Gasteiger partial charge in [-0.25, -0.2) is 0 Å². The molecule has 1 atom stereocenters. The molecule has 96 valence electrons. The molecule has 1 aromatic rings. The standard InChI is InChI=1S/C15H18O2S/c1-18-13-6-4-12(5-7-13)14(16)8-11-15(17)9-2-3-10-15/h4-7,14,16-17H,2-3,9-10H2,1H3/t14-/m0/s1. The Bertz CT molecular complexity index is 450. The molecule has 2 rings (SSSR count). The zero-order chi connectivity index (χ0) is 13.0. The van der Waals surface area contributed by atoms with Crippen molar-refractivity contribution in [3.05, 3.63) is 29.8 Å². The highest BCUT2D eigenvalue weighted by Crippen LogP contribution is 2.29. The fourth-order valence-electron chi connectivity index (χ4n) is 2.16. The van der Waals surface area contributed by atoms with Crippen LogP contribution in [0.2, 0.25) is 0 Å². The van der Waals surface area contributed by atoms with E-state index in [0.717, 1.165) is 36.1 Å². The number of aliphatic hydroxyl groups excluding tert-OH is 1. The van der Waals surface area contributed by atoms with Crippen molar-refractivity contribution in [3.63, 3.8) is 0 Å². The molecule has 0 aliphatic heterocycles. The Morgan fingerprint density at radius 1 is 1.22 bits per heavy atom. The van der Waals surface area contributed by atoms with Crippen LogP contribution in [-0.4, -0.2) is 22.1 Å². The summed E-state index contributed by atoms with van der Waals surface area (Å²) < 4.78 is 0. The first-order valence-corrected chi connectivity index (χ1v) is 7.42. The van der Waals surface area contributed by atoms with Crippen LogP contribution in [0.3, 0.4) is 0 Å². The van der Waals surface area contributed by atoms with E-state index in [9.17, 15) is 10.2 Å².